The molecule has 0 atom stereocenters. The van der Waals surface area contributed by atoms with Gasteiger partial charge in [-0.15, -0.1) is 11.3 Å². The molecule has 0 saturated carbocycles. The van der Waals surface area contributed by atoms with Crippen LogP contribution in [0.15, 0.2) is 66.0 Å². The average molecular weight is 392 g/mol. The van der Waals surface area contributed by atoms with E-state index in [1.807, 2.05) is 12.2 Å². The molecule has 6 heterocycles. The second kappa shape index (κ2) is 6.43. The van der Waals surface area contributed by atoms with Crippen molar-refractivity contribution < 1.29 is 0 Å². The second-order valence-electron chi connectivity index (χ2n) is 7.07. The molecule has 29 heavy (non-hydrogen) atoms. The maximum Gasteiger partial charge on any atom is 0.0744 e. The van der Waals surface area contributed by atoms with Crippen LogP contribution in [0.1, 0.15) is 27.7 Å². The van der Waals surface area contributed by atoms with Gasteiger partial charge in [0.1, 0.15) is 0 Å². The quantitative estimate of drug-likeness (QED) is 0.353. The summed E-state index contributed by atoms with van der Waals surface area (Å²) in [4.78, 5) is 17.7. The Morgan fingerprint density at radius 3 is 1.90 bits per heavy atom. The number of aromatic nitrogens is 4. The monoisotopic (exact) mass is 392 g/mol. The van der Waals surface area contributed by atoms with Crippen molar-refractivity contribution in [1.29, 1.82) is 0 Å². The maximum atomic E-state index is 4.90. The van der Waals surface area contributed by atoms with Gasteiger partial charge in [0.2, 0.25) is 0 Å². The predicted molar refractivity (Wildman–Crippen MR) is 121 cm³/mol. The summed E-state index contributed by atoms with van der Waals surface area (Å²) in [6.45, 7) is 0. The van der Waals surface area contributed by atoms with E-state index in [1.165, 1.54) is 4.88 Å². The first-order valence-electron chi connectivity index (χ1n) is 9.41. The van der Waals surface area contributed by atoms with Gasteiger partial charge in [0.15, 0.2) is 0 Å². The molecule has 0 unspecified atom stereocenters. The molecule has 6 rings (SSSR count). The second-order valence-corrected chi connectivity index (χ2v) is 8.02. The molecule has 4 aromatic rings. The van der Waals surface area contributed by atoms with Gasteiger partial charge in [0.25, 0.3) is 0 Å². The number of thiophene rings is 1. The molecule has 8 bridgehead atoms. The number of aromatic amines is 2. The van der Waals surface area contributed by atoms with Crippen molar-refractivity contribution in [2.75, 3.05) is 0 Å². The number of nitrogens with zero attached hydrogens (tertiary/aromatic N) is 2. The van der Waals surface area contributed by atoms with Crippen molar-refractivity contribution in [1.82, 2.24) is 19.9 Å². The molecule has 4 aromatic heterocycles. The lowest BCUT2D eigenvalue weighted by molar-refractivity contribution is 1.31. The van der Waals surface area contributed by atoms with E-state index in [-0.39, 0.29) is 0 Å². The Hall–Kier alpha value is -3.70. The fraction of sp³-hybridized carbons (Fsp3) is 0. The van der Waals surface area contributed by atoms with Crippen molar-refractivity contribution in [2.24, 2.45) is 0 Å². The Bertz CT molecular complexity index is 1450. The van der Waals surface area contributed by atoms with Crippen LogP contribution >= 0.6 is 11.3 Å². The minimum Gasteiger partial charge on any atom is -0.355 e. The molecule has 2 aliphatic heterocycles. The van der Waals surface area contributed by atoms with Crippen LogP contribution in [0.4, 0.5) is 0 Å². The largest absolute Gasteiger partial charge is 0.355 e. The first-order valence-corrected chi connectivity index (χ1v) is 10.3. The minimum atomic E-state index is 0.933. The molecule has 2 N–H and O–H groups in total. The number of hydrogen-bond donors (Lipinski definition) is 2. The highest BCUT2D eigenvalue weighted by Gasteiger charge is 2.13. The van der Waals surface area contributed by atoms with E-state index in [0.717, 1.165) is 50.4 Å². The SMILES string of the molecule is C1=Cc2cc3ccc(cc4nc(cc5ccc(cc1n2)[nH]5)C=C4c1cccs1)[nH]3. The van der Waals surface area contributed by atoms with Crippen molar-refractivity contribution in [3.8, 4) is 0 Å². The summed E-state index contributed by atoms with van der Waals surface area (Å²) in [6.07, 6.45) is 6.21. The summed E-state index contributed by atoms with van der Waals surface area (Å²) in [5.41, 5.74) is 9.00. The first kappa shape index (κ1) is 16.3. The van der Waals surface area contributed by atoms with Gasteiger partial charge in [-0.3, -0.25) is 0 Å². The van der Waals surface area contributed by atoms with Crippen molar-refractivity contribution in [2.45, 2.75) is 0 Å². The highest BCUT2D eigenvalue weighted by Crippen LogP contribution is 2.31. The van der Waals surface area contributed by atoms with Crippen molar-refractivity contribution in [3.63, 3.8) is 0 Å². The van der Waals surface area contributed by atoms with Gasteiger partial charge in [-0.2, -0.15) is 0 Å². The summed E-state index contributed by atoms with van der Waals surface area (Å²) in [5.74, 6) is 0. The van der Waals surface area contributed by atoms with E-state index in [4.69, 9.17) is 4.98 Å². The molecule has 0 fully saturated rings. The van der Waals surface area contributed by atoms with Crippen LogP contribution in [0, 0.1) is 0 Å². The normalized spacial score (nSPS) is 12.9. The summed E-state index contributed by atoms with van der Waals surface area (Å²) in [6, 6.07) is 20.8. The van der Waals surface area contributed by atoms with Crippen LogP contribution in [-0.2, 0) is 0 Å². The highest BCUT2D eigenvalue weighted by atomic mass is 32.1. The maximum absolute atomic E-state index is 4.90. The standard InChI is InChI=1S/C24H16N4S/c1-2-24(29-9-1)22-13-21-12-19-6-5-17(26-19)10-15-3-4-16(25-15)11-18-7-8-20(27-18)14-23(22)28-21/h1-14,26-27H. The Kier molecular flexibility index (Phi) is 3.61. The molecule has 0 amide bonds. The fourth-order valence-electron chi connectivity index (χ4n) is 3.64. The lowest BCUT2D eigenvalue weighted by Crippen LogP contribution is -1.81. The van der Waals surface area contributed by atoms with Gasteiger partial charge in [-0.05, 0) is 78.2 Å². The minimum absolute atomic E-state index is 0.933. The molecular weight excluding hydrogens is 376 g/mol. The van der Waals surface area contributed by atoms with Crippen LogP contribution in [-0.4, -0.2) is 19.9 Å². The van der Waals surface area contributed by atoms with Crippen LogP contribution in [0.5, 0.6) is 0 Å². The number of hydrogen-bond acceptors (Lipinski definition) is 3. The van der Waals surface area contributed by atoms with E-state index in [9.17, 15) is 0 Å². The van der Waals surface area contributed by atoms with Crippen LogP contribution < -0.4 is 0 Å². The predicted octanol–water partition coefficient (Wildman–Crippen LogP) is 6.14. The summed E-state index contributed by atoms with van der Waals surface area (Å²) >= 11 is 1.73. The lowest BCUT2D eigenvalue weighted by Gasteiger charge is -1.96. The summed E-state index contributed by atoms with van der Waals surface area (Å²) in [5, 5.41) is 2.10. The molecule has 0 aromatic carbocycles. The topological polar surface area (TPSA) is 57.4 Å². The molecule has 0 saturated heterocycles. The molecular formula is C24H16N4S. The van der Waals surface area contributed by atoms with Gasteiger partial charge < -0.3 is 9.97 Å². The van der Waals surface area contributed by atoms with Crippen LogP contribution in [0.2, 0.25) is 0 Å². The third-order valence-electron chi connectivity index (χ3n) is 4.95. The molecule has 2 aliphatic rings. The Morgan fingerprint density at radius 1 is 0.655 bits per heavy atom. The van der Waals surface area contributed by atoms with Gasteiger partial charge in [0, 0.05) is 32.5 Å². The molecule has 4 nitrogen and oxygen atoms in total. The highest BCUT2D eigenvalue weighted by molar-refractivity contribution is 7.11. The first-order chi connectivity index (χ1) is 14.3. The Balaban J connectivity index is 1.67. The van der Waals surface area contributed by atoms with Crippen molar-refractivity contribution in [3.05, 3.63) is 93.7 Å². The lowest BCUT2D eigenvalue weighted by atomic mass is 10.1. The number of rotatable bonds is 1. The third-order valence-corrected chi connectivity index (χ3v) is 5.86. The van der Waals surface area contributed by atoms with E-state index in [2.05, 4.69) is 87.1 Å². The molecule has 5 heteroatoms. The van der Waals surface area contributed by atoms with E-state index >= 15 is 0 Å². The van der Waals surface area contributed by atoms with Gasteiger partial charge >= 0.3 is 0 Å². The molecule has 0 aliphatic carbocycles. The Labute approximate surface area is 171 Å². The fourth-order valence-corrected chi connectivity index (χ4v) is 4.39. The average Bonchev–Trinajstić information content (AvgIpc) is 3.50. The molecule has 138 valence electrons. The van der Waals surface area contributed by atoms with E-state index in [1.54, 1.807) is 11.3 Å². The van der Waals surface area contributed by atoms with Gasteiger partial charge in [-0.25, -0.2) is 9.97 Å². The smallest absolute Gasteiger partial charge is 0.0744 e. The molecule has 0 radical (unpaired) electrons. The number of fused-ring (bicyclic) bond motifs is 8. The van der Waals surface area contributed by atoms with E-state index < -0.39 is 0 Å². The molecule has 0 spiro atoms. The zero-order valence-electron chi connectivity index (χ0n) is 15.4. The Morgan fingerprint density at radius 2 is 1.28 bits per heavy atom. The summed E-state index contributed by atoms with van der Waals surface area (Å²) < 4.78 is 0. The summed E-state index contributed by atoms with van der Waals surface area (Å²) in [7, 11) is 0. The van der Waals surface area contributed by atoms with Gasteiger partial charge in [0.05, 0.1) is 22.8 Å². The van der Waals surface area contributed by atoms with Crippen molar-refractivity contribution >= 4 is 57.2 Å². The van der Waals surface area contributed by atoms with Crippen LogP contribution in [0.3, 0.4) is 0 Å². The van der Waals surface area contributed by atoms with Crippen LogP contribution in [0.25, 0.3) is 45.9 Å². The van der Waals surface area contributed by atoms with E-state index in [0.29, 0.717) is 0 Å². The number of nitrogens with one attached hydrogen (secondary N) is 2. The van der Waals surface area contributed by atoms with Gasteiger partial charge in [-0.1, -0.05) is 6.07 Å². The zero-order chi connectivity index (χ0) is 19.2. The third kappa shape index (κ3) is 3.11. The number of H-pyrrole nitrogens is 2. The zero-order valence-corrected chi connectivity index (χ0v) is 16.2.